The third kappa shape index (κ3) is 2.74. The Morgan fingerprint density at radius 1 is 1.05 bits per heavy atom. The average molecular weight is 344 g/mol. The molecule has 0 heterocycles. The fourth-order valence-corrected chi connectivity index (χ4v) is 2.51. The predicted molar refractivity (Wildman–Crippen MR) is 76.1 cm³/mol. The molecular weight excluding hydrogens is 331 g/mol. The topological polar surface area (TPSA) is 12.0 Å². The summed E-state index contributed by atoms with van der Waals surface area (Å²) in [4.78, 5) is 0. The molecule has 2 aromatic rings. The van der Waals surface area contributed by atoms with E-state index in [0.717, 1.165) is 0 Å². The van der Waals surface area contributed by atoms with E-state index in [0.29, 0.717) is 11.1 Å². The second kappa shape index (κ2) is 5.97. The van der Waals surface area contributed by atoms with Crippen molar-refractivity contribution in [3.05, 3.63) is 68.9 Å². The van der Waals surface area contributed by atoms with Gasteiger partial charge in [-0.1, -0.05) is 12.1 Å². The lowest BCUT2D eigenvalue weighted by Crippen LogP contribution is -2.21. The van der Waals surface area contributed by atoms with E-state index in [1.165, 1.54) is 30.3 Å². The van der Waals surface area contributed by atoms with Gasteiger partial charge in [-0.15, -0.1) is 0 Å². The van der Waals surface area contributed by atoms with E-state index in [1.807, 2.05) is 0 Å². The molecule has 2 aromatic carbocycles. The van der Waals surface area contributed by atoms with Crippen LogP contribution in [0.1, 0.15) is 22.7 Å². The van der Waals surface area contributed by atoms with Gasteiger partial charge in [0.1, 0.15) is 17.5 Å². The number of halogens is 4. The van der Waals surface area contributed by atoms with Crippen LogP contribution in [0, 0.1) is 24.4 Å². The molecule has 106 valence electrons. The quantitative estimate of drug-likeness (QED) is 0.866. The average Bonchev–Trinajstić information content (AvgIpc) is 2.42. The maximum absolute atomic E-state index is 14.2. The Kier molecular flexibility index (Phi) is 4.50. The van der Waals surface area contributed by atoms with Crippen LogP contribution < -0.4 is 5.32 Å². The highest BCUT2D eigenvalue weighted by Gasteiger charge is 2.22. The van der Waals surface area contributed by atoms with Crippen molar-refractivity contribution in [2.75, 3.05) is 7.05 Å². The van der Waals surface area contributed by atoms with Crippen molar-refractivity contribution in [1.82, 2.24) is 5.32 Å². The molecule has 1 N–H and O–H groups in total. The first-order valence-corrected chi connectivity index (χ1v) is 6.81. The van der Waals surface area contributed by atoms with Gasteiger partial charge < -0.3 is 5.32 Å². The maximum Gasteiger partial charge on any atom is 0.137 e. The highest BCUT2D eigenvalue weighted by molar-refractivity contribution is 9.10. The molecule has 5 heteroatoms. The van der Waals surface area contributed by atoms with Crippen LogP contribution in [-0.4, -0.2) is 7.05 Å². The number of benzene rings is 2. The number of hydrogen-bond donors (Lipinski definition) is 1. The minimum absolute atomic E-state index is 0.0639. The summed E-state index contributed by atoms with van der Waals surface area (Å²) in [6, 6.07) is 6.21. The van der Waals surface area contributed by atoms with Gasteiger partial charge in [-0.2, -0.15) is 0 Å². The second-order valence-electron chi connectivity index (χ2n) is 4.49. The minimum atomic E-state index is -0.688. The molecule has 1 atom stereocenters. The van der Waals surface area contributed by atoms with E-state index < -0.39 is 23.5 Å². The van der Waals surface area contributed by atoms with Crippen molar-refractivity contribution in [3.63, 3.8) is 0 Å². The zero-order chi connectivity index (χ0) is 14.9. The van der Waals surface area contributed by atoms with Crippen molar-refractivity contribution >= 4 is 15.9 Å². The van der Waals surface area contributed by atoms with Gasteiger partial charge in [0.05, 0.1) is 10.5 Å². The van der Waals surface area contributed by atoms with Crippen LogP contribution in [0.25, 0.3) is 0 Å². The molecular formula is C15H13BrF3N. The van der Waals surface area contributed by atoms with Gasteiger partial charge >= 0.3 is 0 Å². The lowest BCUT2D eigenvalue weighted by Gasteiger charge is -2.20. The molecule has 0 bridgehead atoms. The number of aryl methyl sites for hydroxylation is 1. The van der Waals surface area contributed by atoms with E-state index in [2.05, 4.69) is 21.2 Å². The molecule has 2 rings (SSSR count). The lowest BCUT2D eigenvalue weighted by molar-refractivity contribution is 0.517. The van der Waals surface area contributed by atoms with Gasteiger partial charge in [-0.05, 0) is 59.2 Å². The van der Waals surface area contributed by atoms with Gasteiger partial charge in [0, 0.05) is 5.56 Å². The van der Waals surface area contributed by atoms with Gasteiger partial charge in [-0.3, -0.25) is 0 Å². The summed E-state index contributed by atoms with van der Waals surface area (Å²) in [6.45, 7) is 1.57. The summed E-state index contributed by atoms with van der Waals surface area (Å²) in [6.07, 6.45) is 0. The van der Waals surface area contributed by atoms with Crippen LogP contribution in [-0.2, 0) is 0 Å². The van der Waals surface area contributed by atoms with E-state index in [4.69, 9.17) is 0 Å². The van der Waals surface area contributed by atoms with E-state index in [-0.39, 0.29) is 10.0 Å². The molecule has 0 aliphatic heterocycles. The number of nitrogens with one attached hydrogen (secondary N) is 1. The molecule has 0 amide bonds. The highest BCUT2D eigenvalue weighted by atomic mass is 79.9. The predicted octanol–water partition coefficient (Wildman–Crippen LogP) is 4.48. The van der Waals surface area contributed by atoms with Crippen molar-refractivity contribution in [1.29, 1.82) is 0 Å². The van der Waals surface area contributed by atoms with Gasteiger partial charge in [-0.25, -0.2) is 13.2 Å². The summed E-state index contributed by atoms with van der Waals surface area (Å²) >= 11 is 3.08. The molecule has 1 unspecified atom stereocenters. The Labute approximate surface area is 123 Å². The zero-order valence-corrected chi connectivity index (χ0v) is 12.6. The summed E-state index contributed by atoms with van der Waals surface area (Å²) in [5.41, 5.74) is 0.873. The molecule has 0 fully saturated rings. The molecule has 0 aliphatic carbocycles. The Hall–Kier alpha value is -1.33. The fourth-order valence-electron chi connectivity index (χ4n) is 2.11. The monoisotopic (exact) mass is 343 g/mol. The fraction of sp³-hybridized carbons (Fsp3) is 0.200. The standard InChI is InChI=1S/C15H13BrF3N/c1-8-3-5-12(18)13(14(8)19)15(20-2)9-4-6-11(17)10(16)7-9/h3-7,15,20H,1-2H3. The first-order chi connectivity index (χ1) is 9.45. The third-order valence-corrected chi connectivity index (χ3v) is 3.78. The molecule has 1 nitrogen and oxygen atoms in total. The largest absolute Gasteiger partial charge is 0.309 e. The summed E-state index contributed by atoms with van der Waals surface area (Å²) in [5, 5.41) is 2.87. The summed E-state index contributed by atoms with van der Waals surface area (Å²) in [7, 11) is 1.60. The Morgan fingerprint density at radius 3 is 2.30 bits per heavy atom. The second-order valence-corrected chi connectivity index (χ2v) is 5.34. The molecule has 0 saturated heterocycles. The van der Waals surface area contributed by atoms with Crippen LogP contribution in [0.2, 0.25) is 0 Å². The molecule has 0 saturated carbocycles. The van der Waals surface area contributed by atoms with Crippen molar-refractivity contribution in [2.45, 2.75) is 13.0 Å². The van der Waals surface area contributed by atoms with Crippen LogP contribution in [0.15, 0.2) is 34.8 Å². The van der Waals surface area contributed by atoms with Crippen molar-refractivity contribution in [3.8, 4) is 0 Å². The first kappa shape index (κ1) is 15.1. The molecule has 20 heavy (non-hydrogen) atoms. The normalized spacial score (nSPS) is 12.5. The molecule has 0 spiro atoms. The Morgan fingerprint density at radius 2 is 1.70 bits per heavy atom. The highest BCUT2D eigenvalue weighted by Crippen LogP contribution is 2.30. The molecule has 0 radical (unpaired) electrons. The van der Waals surface area contributed by atoms with E-state index >= 15 is 0 Å². The van der Waals surface area contributed by atoms with Gasteiger partial charge in [0.15, 0.2) is 0 Å². The van der Waals surface area contributed by atoms with Crippen LogP contribution in [0.4, 0.5) is 13.2 Å². The number of hydrogen-bond acceptors (Lipinski definition) is 1. The number of rotatable bonds is 3. The van der Waals surface area contributed by atoms with E-state index in [9.17, 15) is 13.2 Å². The van der Waals surface area contributed by atoms with Crippen molar-refractivity contribution in [2.24, 2.45) is 0 Å². The van der Waals surface area contributed by atoms with Crippen LogP contribution >= 0.6 is 15.9 Å². The maximum atomic E-state index is 14.2. The minimum Gasteiger partial charge on any atom is -0.309 e. The molecule has 0 aliphatic rings. The van der Waals surface area contributed by atoms with Crippen molar-refractivity contribution < 1.29 is 13.2 Å². The Bertz CT molecular complexity index is 643. The first-order valence-electron chi connectivity index (χ1n) is 6.02. The van der Waals surface area contributed by atoms with Crippen LogP contribution in [0.5, 0.6) is 0 Å². The van der Waals surface area contributed by atoms with Gasteiger partial charge in [0.2, 0.25) is 0 Å². The summed E-state index contributed by atoms with van der Waals surface area (Å²) in [5.74, 6) is -1.65. The summed E-state index contributed by atoms with van der Waals surface area (Å²) < 4.78 is 41.7. The van der Waals surface area contributed by atoms with Crippen LogP contribution in [0.3, 0.4) is 0 Å². The molecule has 0 aromatic heterocycles. The SMILES string of the molecule is CNC(c1ccc(F)c(Br)c1)c1c(F)ccc(C)c1F. The van der Waals surface area contributed by atoms with Gasteiger partial charge in [0.25, 0.3) is 0 Å². The zero-order valence-electron chi connectivity index (χ0n) is 11.0. The smallest absolute Gasteiger partial charge is 0.137 e. The van der Waals surface area contributed by atoms with E-state index in [1.54, 1.807) is 14.0 Å². The Balaban J connectivity index is 2.58. The third-order valence-electron chi connectivity index (χ3n) is 3.17. The lowest BCUT2D eigenvalue weighted by atomic mass is 9.96.